The van der Waals surface area contributed by atoms with Crippen molar-refractivity contribution in [1.29, 1.82) is 0 Å². The molecule has 1 saturated carbocycles. The smallest absolute Gasteiger partial charge is 0.337 e. The third-order valence-electron chi connectivity index (χ3n) is 5.93. The quantitative estimate of drug-likeness (QED) is 0.857. The van der Waals surface area contributed by atoms with Gasteiger partial charge in [0.25, 0.3) is 0 Å². The highest BCUT2D eigenvalue weighted by Gasteiger charge is 2.43. The Kier molecular flexibility index (Phi) is 4.02. The molecule has 1 aromatic rings. The summed E-state index contributed by atoms with van der Waals surface area (Å²) in [6.45, 7) is 0.787. The van der Waals surface area contributed by atoms with Gasteiger partial charge in [-0.25, -0.2) is 4.79 Å². The number of fused-ring (bicyclic) bond motifs is 3. The molecule has 1 saturated heterocycles. The molecule has 4 rings (SSSR count). The van der Waals surface area contributed by atoms with Gasteiger partial charge in [0.2, 0.25) is 0 Å². The fourth-order valence-electron chi connectivity index (χ4n) is 4.87. The van der Waals surface area contributed by atoms with Gasteiger partial charge in [0.05, 0.1) is 17.4 Å². The van der Waals surface area contributed by atoms with Crippen molar-refractivity contribution in [3.05, 3.63) is 29.3 Å². The van der Waals surface area contributed by atoms with E-state index in [2.05, 4.69) is 5.32 Å². The zero-order valence-electron chi connectivity index (χ0n) is 13.5. The van der Waals surface area contributed by atoms with Crippen molar-refractivity contribution in [3.63, 3.8) is 0 Å². The maximum absolute atomic E-state index is 11.6. The zero-order valence-corrected chi connectivity index (χ0v) is 13.5. The van der Waals surface area contributed by atoms with E-state index < -0.39 is 5.97 Å². The number of carboxylic acid groups (broad SMARTS) is 1. The lowest BCUT2D eigenvalue weighted by atomic mass is 9.71. The number of hydrogen-bond donors (Lipinski definition) is 2. The number of carbonyl (C=O) groups is 1. The summed E-state index contributed by atoms with van der Waals surface area (Å²) in [7, 11) is 0. The Morgan fingerprint density at radius 1 is 1.13 bits per heavy atom. The lowest BCUT2D eigenvalue weighted by molar-refractivity contribution is -0.0458. The van der Waals surface area contributed by atoms with Crippen molar-refractivity contribution in [1.82, 2.24) is 0 Å². The predicted octanol–water partition coefficient (Wildman–Crippen LogP) is 4.23. The fraction of sp³-hybridized carbons (Fsp3) is 0.632. The largest absolute Gasteiger partial charge is 0.478 e. The van der Waals surface area contributed by atoms with Gasteiger partial charge in [0, 0.05) is 24.1 Å². The first-order valence-electron chi connectivity index (χ1n) is 9.00. The maximum Gasteiger partial charge on any atom is 0.337 e. The molecule has 3 aliphatic rings. The van der Waals surface area contributed by atoms with Crippen LogP contribution in [0.25, 0.3) is 0 Å². The summed E-state index contributed by atoms with van der Waals surface area (Å²) in [5, 5.41) is 13.2. The van der Waals surface area contributed by atoms with Crippen LogP contribution in [-0.4, -0.2) is 23.7 Å². The van der Waals surface area contributed by atoms with Crippen molar-refractivity contribution in [3.8, 4) is 0 Å². The van der Waals surface area contributed by atoms with Crippen LogP contribution in [0.1, 0.15) is 67.0 Å². The van der Waals surface area contributed by atoms with Gasteiger partial charge in [0.15, 0.2) is 0 Å². The second-order valence-corrected chi connectivity index (χ2v) is 7.24. The maximum atomic E-state index is 11.6. The molecule has 0 bridgehead atoms. The summed E-state index contributed by atoms with van der Waals surface area (Å²) in [6.07, 6.45) is 8.80. The number of carboxylic acids is 1. The molecule has 3 unspecified atom stereocenters. The molecular weight excluding hydrogens is 290 g/mol. The van der Waals surface area contributed by atoms with Crippen LogP contribution in [0.5, 0.6) is 0 Å². The Morgan fingerprint density at radius 2 is 1.96 bits per heavy atom. The van der Waals surface area contributed by atoms with Crippen LogP contribution < -0.4 is 5.32 Å². The second kappa shape index (κ2) is 6.16. The molecule has 0 spiro atoms. The molecular formula is C19H25NO3. The van der Waals surface area contributed by atoms with Gasteiger partial charge in [-0.3, -0.25) is 0 Å². The van der Waals surface area contributed by atoms with Gasteiger partial charge in [-0.05, 0) is 37.7 Å². The minimum Gasteiger partial charge on any atom is -0.478 e. The summed E-state index contributed by atoms with van der Waals surface area (Å²) in [6, 6.07) is 5.94. The van der Waals surface area contributed by atoms with Gasteiger partial charge >= 0.3 is 5.97 Å². The molecule has 1 aliphatic carbocycles. The Labute approximate surface area is 137 Å². The number of aromatic carboxylic acids is 1. The number of hydrogen-bond acceptors (Lipinski definition) is 3. The van der Waals surface area contributed by atoms with E-state index in [0.29, 0.717) is 23.4 Å². The fourth-order valence-corrected chi connectivity index (χ4v) is 4.87. The highest BCUT2D eigenvalue weighted by atomic mass is 16.5. The van der Waals surface area contributed by atoms with Crippen LogP contribution in [0, 0.1) is 11.8 Å². The number of anilines is 1. The van der Waals surface area contributed by atoms with E-state index in [1.165, 1.54) is 38.5 Å². The first kappa shape index (κ1) is 15.0. The summed E-state index contributed by atoms with van der Waals surface area (Å²) in [5.41, 5.74) is 2.23. The third-order valence-corrected chi connectivity index (χ3v) is 5.93. The molecule has 1 aromatic carbocycles. The van der Waals surface area contributed by atoms with E-state index in [9.17, 15) is 9.90 Å². The van der Waals surface area contributed by atoms with Gasteiger partial charge in [-0.1, -0.05) is 31.4 Å². The monoisotopic (exact) mass is 315 g/mol. The van der Waals surface area contributed by atoms with Gasteiger partial charge < -0.3 is 15.2 Å². The zero-order chi connectivity index (χ0) is 15.8. The molecule has 2 heterocycles. The SMILES string of the molecule is O=C(O)c1cccc2c1NC(C1CCCCC1)C1CCCOC21. The van der Waals surface area contributed by atoms with Crippen LogP contribution in [-0.2, 0) is 4.74 Å². The minimum absolute atomic E-state index is 0.0613. The van der Waals surface area contributed by atoms with Crippen LogP contribution in [0.3, 0.4) is 0 Å². The molecule has 4 nitrogen and oxygen atoms in total. The minimum atomic E-state index is -0.856. The average Bonchev–Trinajstić information content (AvgIpc) is 2.61. The molecule has 0 amide bonds. The number of ether oxygens (including phenoxy) is 1. The molecule has 4 heteroatoms. The molecule has 2 N–H and O–H groups in total. The molecule has 124 valence electrons. The van der Waals surface area contributed by atoms with Gasteiger partial charge in [0.1, 0.15) is 0 Å². The van der Waals surface area contributed by atoms with E-state index in [4.69, 9.17) is 4.74 Å². The summed E-state index contributed by atoms with van der Waals surface area (Å²) < 4.78 is 6.13. The van der Waals surface area contributed by atoms with Crippen LogP contribution in [0.2, 0.25) is 0 Å². The normalized spacial score (nSPS) is 30.9. The van der Waals surface area contributed by atoms with Gasteiger partial charge in [-0.2, -0.15) is 0 Å². The lowest BCUT2D eigenvalue weighted by Crippen LogP contribution is -2.46. The van der Waals surface area contributed by atoms with E-state index in [1.807, 2.05) is 12.1 Å². The molecule has 0 aromatic heterocycles. The molecule has 2 aliphatic heterocycles. The van der Waals surface area contributed by atoms with E-state index in [-0.39, 0.29) is 6.10 Å². The Balaban J connectivity index is 1.74. The average molecular weight is 315 g/mol. The molecule has 23 heavy (non-hydrogen) atoms. The van der Waals surface area contributed by atoms with Crippen molar-refractivity contribution < 1.29 is 14.6 Å². The van der Waals surface area contributed by atoms with Crippen molar-refractivity contribution >= 4 is 11.7 Å². The van der Waals surface area contributed by atoms with Gasteiger partial charge in [-0.15, -0.1) is 0 Å². The summed E-state index contributed by atoms with van der Waals surface area (Å²) in [4.78, 5) is 11.6. The molecule has 2 fully saturated rings. The van der Waals surface area contributed by atoms with E-state index in [0.717, 1.165) is 24.3 Å². The number of benzene rings is 1. The predicted molar refractivity (Wildman–Crippen MR) is 88.8 cm³/mol. The van der Waals surface area contributed by atoms with Crippen molar-refractivity contribution in [2.75, 3.05) is 11.9 Å². The van der Waals surface area contributed by atoms with Crippen molar-refractivity contribution in [2.24, 2.45) is 11.8 Å². The lowest BCUT2D eigenvalue weighted by Gasteiger charge is -2.47. The molecule has 0 radical (unpaired) electrons. The Hall–Kier alpha value is -1.55. The summed E-state index contributed by atoms with van der Waals surface area (Å²) in [5.74, 6) is 0.266. The van der Waals surface area contributed by atoms with E-state index in [1.54, 1.807) is 6.07 Å². The first-order chi connectivity index (χ1) is 11.3. The summed E-state index contributed by atoms with van der Waals surface area (Å²) >= 11 is 0. The highest BCUT2D eigenvalue weighted by molar-refractivity contribution is 5.95. The third kappa shape index (κ3) is 2.63. The van der Waals surface area contributed by atoms with Crippen LogP contribution in [0.15, 0.2) is 18.2 Å². The van der Waals surface area contributed by atoms with Crippen LogP contribution in [0.4, 0.5) is 5.69 Å². The standard InChI is InChI=1S/C19H25NO3/c21-19(22)15-9-4-8-14-17(15)20-16(12-6-2-1-3-7-12)13-10-5-11-23-18(13)14/h4,8-9,12-13,16,18,20H,1-3,5-7,10-11H2,(H,21,22). The van der Waals surface area contributed by atoms with E-state index >= 15 is 0 Å². The first-order valence-corrected chi connectivity index (χ1v) is 9.00. The Morgan fingerprint density at radius 3 is 2.74 bits per heavy atom. The van der Waals surface area contributed by atoms with Crippen LogP contribution >= 0.6 is 0 Å². The number of para-hydroxylation sites is 1. The molecule has 3 atom stereocenters. The van der Waals surface area contributed by atoms with Crippen molar-refractivity contribution in [2.45, 2.75) is 57.1 Å². The topological polar surface area (TPSA) is 58.6 Å². The Bertz CT molecular complexity index is 594. The second-order valence-electron chi connectivity index (χ2n) is 7.24. The number of nitrogens with one attached hydrogen (secondary N) is 1. The number of rotatable bonds is 2. The highest BCUT2D eigenvalue weighted by Crippen LogP contribution is 2.48.